The number of aliphatic hydroxyl groups is 1. The molecule has 188 valence electrons. The summed E-state index contributed by atoms with van der Waals surface area (Å²) >= 11 is 0. The van der Waals surface area contributed by atoms with E-state index in [1.165, 1.54) is 0 Å². The van der Waals surface area contributed by atoms with Gasteiger partial charge >= 0.3 is 5.97 Å². The van der Waals surface area contributed by atoms with Gasteiger partial charge in [0.2, 0.25) is 0 Å². The fourth-order valence-corrected chi connectivity index (χ4v) is 4.70. The molecule has 1 saturated carbocycles. The summed E-state index contributed by atoms with van der Waals surface area (Å²) < 4.78 is 10.9. The molecule has 0 aliphatic heterocycles. The van der Waals surface area contributed by atoms with Gasteiger partial charge in [-0.2, -0.15) is 0 Å². The molecule has 1 aliphatic carbocycles. The summed E-state index contributed by atoms with van der Waals surface area (Å²) in [5.41, 5.74) is 5.86. The third-order valence-corrected chi connectivity index (χ3v) is 6.93. The SMILES string of the molecule is CCOC(=O)C1(c2ccc(-c3ccc(-c4onc(C)c4C(O)CC=Cc4cccnc4)cc3)cc2)CC1. The van der Waals surface area contributed by atoms with Crippen LogP contribution in [0, 0.1) is 6.92 Å². The van der Waals surface area contributed by atoms with E-state index in [2.05, 4.69) is 10.1 Å². The number of carbonyl (C=O) groups is 1. The molecule has 2 aromatic carbocycles. The Hall–Kier alpha value is -4.03. The Kier molecular flexibility index (Phi) is 7.01. The van der Waals surface area contributed by atoms with Crippen molar-refractivity contribution >= 4 is 12.0 Å². The molecule has 4 aromatic rings. The summed E-state index contributed by atoms with van der Waals surface area (Å²) in [6.07, 6.45) is 8.74. The van der Waals surface area contributed by atoms with Crippen molar-refractivity contribution in [1.82, 2.24) is 10.1 Å². The lowest BCUT2D eigenvalue weighted by atomic mass is 9.93. The fraction of sp³-hybridized carbons (Fsp3) is 0.258. The number of hydrogen-bond acceptors (Lipinski definition) is 6. The van der Waals surface area contributed by atoms with E-state index in [0.717, 1.165) is 40.7 Å². The van der Waals surface area contributed by atoms with Crippen molar-refractivity contribution in [2.45, 2.75) is 44.6 Å². The molecular formula is C31H30N2O4. The average Bonchev–Trinajstić information content (AvgIpc) is 3.66. The van der Waals surface area contributed by atoms with E-state index >= 15 is 0 Å². The zero-order valence-electron chi connectivity index (χ0n) is 21.1. The summed E-state index contributed by atoms with van der Waals surface area (Å²) in [5, 5.41) is 15.0. The summed E-state index contributed by atoms with van der Waals surface area (Å²) in [4.78, 5) is 16.5. The maximum atomic E-state index is 12.4. The summed E-state index contributed by atoms with van der Waals surface area (Å²) in [5.74, 6) is 0.451. The van der Waals surface area contributed by atoms with E-state index < -0.39 is 11.5 Å². The molecule has 2 aromatic heterocycles. The molecule has 1 atom stereocenters. The molecule has 6 nitrogen and oxygen atoms in total. The molecule has 1 aliphatic rings. The van der Waals surface area contributed by atoms with E-state index in [1.54, 1.807) is 12.4 Å². The molecule has 1 unspecified atom stereocenters. The average molecular weight is 495 g/mol. The molecule has 1 fully saturated rings. The van der Waals surface area contributed by atoms with Gasteiger partial charge in [-0.15, -0.1) is 0 Å². The molecule has 2 heterocycles. The van der Waals surface area contributed by atoms with Crippen LogP contribution < -0.4 is 0 Å². The number of carbonyl (C=O) groups excluding carboxylic acids is 1. The second kappa shape index (κ2) is 10.5. The highest BCUT2D eigenvalue weighted by Crippen LogP contribution is 2.49. The first-order valence-corrected chi connectivity index (χ1v) is 12.6. The normalized spacial score (nSPS) is 15.0. The van der Waals surface area contributed by atoms with Gasteiger partial charge < -0.3 is 14.4 Å². The molecule has 0 saturated heterocycles. The van der Waals surface area contributed by atoms with Crippen molar-refractivity contribution in [3.8, 4) is 22.5 Å². The Labute approximate surface area is 216 Å². The number of benzene rings is 2. The Bertz CT molecular complexity index is 1390. The number of aryl methyl sites for hydroxylation is 1. The van der Waals surface area contributed by atoms with Gasteiger partial charge in [0, 0.05) is 18.0 Å². The lowest BCUT2D eigenvalue weighted by molar-refractivity contribution is -0.146. The Morgan fingerprint density at radius 2 is 1.76 bits per heavy atom. The van der Waals surface area contributed by atoms with E-state index in [0.29, 0.717) is 30.0 Å². The zero-order chi connectivity index (χ0) is 25.8. The van der Waals surface area contributed by atoms with Gasteiger partial charge in [0.25, 0.3) is 0 Å². The van der Waals surface area contributed by atoms with Crippen LogP contribution in [0.15, 0.2) is 83.7 Å². The van der Waals surface area contributed by atoms with Gasteiger partial charge in [0.05, 0.1) is 29.4 Å². The molecule has 6 heteroatoms. The number of aliphatic hydroxyl groups excluding tert-OH is 1. The topological polar surface area (TPSA) is 85.5 Å². The molecule has 0 radical (unpaired) electrons. The monoisotopic (exact) mass is 494 g/mol. The molecule has 5 rings (SSSR count). The van der Waals surface area contributed by atoms with Crippen LogP contribution in [0.25, 0.3) is 28.5 Å². The van der Waals surface area contributed by atoms with Gasteiger partial charge in [0.1, 0.15) is 0 Å². The number of ether oxygens (including phenoxy) is 1. The van der Waals surface area contributed by atoms with Gasteiger partial charge in [-0.1, -0.05) is 71.9 Å². The van der Waals surface area contributed by atoms with Crippen LogP contribution in [0.2, 0.25) is 0 Å². The molecule has 1 N–H and O–H groups in total. The van der Waals surface area contributed by atoms with Crippen LogP contribution in [0.5, 0.6) is 0 Å². The first-order chi connectivity index (χ1) is 18.0. The van der Waals surface area contributed by atoms with Crippen molar-refractivity contribution in [3.05, 3.63) is 102 Å². The Morgan fingerprint density at radius 1 is 1.08 bits per heavy atom. The van der Waals surface area contributed by atoms with Crippen molar-refractivity contribution in [2.75, 3.05) is 6.61 Å². The van der Waals surface area contributed by atoms with E-state index in [9.17, 15) is 9.90 Å². The van der Waals surface area contributed by atoms with E-state index in [-0.39, 0.29) is 5.97 Å². The van der Waals surface area contributed by atoms with Gasteiger partial charge in [-0.25, -0.2) is 0 Å². The first kappa shape index (κ1) is 24.7. The highest BCUT2D eigenvalue weighted by atomic mass is 16.5. The summed E-state index contributed by atoms with van der Waals surface area (Å²) in [7, 11) is 0. The first-order valence-electron chi connectivity index (χ1n) is 12.6. The molecule has 0 spiro atoms. The molecule has 0 bridgehead atoms. The van der Waals surface area contributed by atoms with Crippen LogP contribution in [-0.2, 0) is 14.9 Å². The Balaban J connectivity index is 1.31. The Morgan fingerprint density at radius 3 is 2.38 bits per heavy atom. The lowest BCUT2D eigenvalue weighted by Gasteiger charge is -2.15. The number of rotatable bonds is 9. The smallest absolute Gasteiger partial charge is 0.316 e. The number of hydrogen-bond donors (Lipinski definition) is 1. The number of pyridine rings is 1. The fourth-order valence-electron chi connectivity index (χ4n) is 4.70. The quantitative estimate of drug-likeness (QED) is 0.269. The minimum atomic E-state index is -0.740. The maximum Gasteiger partial charge on any atom is 0.316 e. The van der Waals surface area contributed by atoms with E-state index in [4.69, 9.17) is 9.26 Å². The zero-order valence-corrected chi connectivity index (χ0v) is 21.1. The number of aromatic nitrogens is 2. The summed E-state index contributed by atoms with van der Waals surface area (Å²) in [6.45, 7) is 4.08. The third-order valence-electron chi connectivity index (χ3n) is 6.93. The van der Waals surface area contributed by atoms with Crippen LogP contribution in [0.4, 0.5) is 0 Å². The lowest BCUT2D eigenvalue weighted by Crippen LogP contribution is -2.23. The van der Waals surface area contributed by atoms with E-state index in [1.807, 2.05) is 86.7 Å². The van der Waals surface area contributed by atoms with Crippen molar-refractivity contribution in [1.29, 1.82) is 0 Å². The van der Waals surface area contributed by atoms with Crippen LogP contribution in [-0.4, -0.2) is 27.8 Å². The highest BCUT2D eigenvalue weighted by Gasteiger charge is 2.52. The second-order valence-corrected chi connectivity index (χ2v) is 9.41. The number of nitrogens with zero attached hydrogens (tertiary/aromatic N) is 2. The number of esters is 1. The minimum absolute atomic E-state index is 0.125. The third kappa shape index (κ3) is 5.11. The second-order valence-electron chi connectivity index (χ2n) is 9.41. The van der Waals surface area contributed by atoms with Crippen molar-refractivity contribution in [3.63, 3.8) is 0 Å². The minimum Gasteiger partial charge on any atom is -0.465 e. The molecule has 0 amide bonds. The van der Waals surface area contributed by atoms with Crippen LogP contribution in [0.3, 0.4) is 0 Å². The standard InChI is InChI=1S/C31H30N2O4/c1-3-36-30(35)31(17-18-31)26-15-13-24(14-16-26)23-9-11-25(12-10-23)29-28(21(2)33-37-29)27(34)8-4-6-22-7-5-19-32-20-22/h4-7,9-16,19-20,27,34H,3,8,17-18H2,1-2H3. The summed E-state index contributed by atoms with van der Waals surface area (Å²) in [6, 6.07) is 20.0. The van der Waals surface area contributed by atoms with Crippen molar-refractivity contribution < 1.29 is 19.2 Å². The van der Waals surface area contributed by atoms with Crippen LogP contribution in [0.1, 0.15) is 54.7 Å². The predicted molar refractivity (Wildman–Crippen MR) is 143 cm³/mol. The maximum absolute atomic E-state index is 12.4. The van der Waals surface area contributed by atoms with Gasteiger partial charge in [-0.05, 0) is 61.4 Å². The van der Waals surface area contributed by atoms with Crippen LogP contribution >= 0.6 is 0 Å². The molecule has 37 heavy (non-hydrogen) atoms. The van der Waals surface area contributed by atoms with Gasteiger partial charge in [0.15, 0.2) is 5.76 Å². The van der Waals surface area contributed by atoms with Crippen molar-refractivity contribution in [2.24, 2.45) is 0 Å². The van der Waals surface area contributed by atoms with Gasteiger partial charge in [-0.3, -0.25) is 9.78 Å². The largest absolute Gasteiger partial charge is 0.465 e. The highest BCUT2D eigenvalue weighted by molar-refractivity contribution is 5.87. The molecular weight excluding hydrogens is 464 g/mol. The predicted octanol–water partition coefficient (Wildman–Crippen LogP) is 6.44.